The van der Waals surface area contributed by atoms with Gasteiger partial charge in [0, 0.05) is 31.3 Å². The first-order valence-corrected chi connectivity index (χ1v) is 15.3. The van der Waals surface area contributed by atoms with Crippen molar-refractivity contribution in [1.82, 2.24) is 15.3 Å². The minimum atomic E-state index is -0.238. The lowest BCUT2D eigenvalue weighted by Crippen LogP contribution is -2.62. The summed E-state index contributed by atoms with van der Waals surface area (Å²) in [6, 6.07) is 0. The summed E-state index contributed by atoms with van der Waals surface area (Å²) in [4.78, 5) is 19.7. The molecule has 1 aromatic rings. The molecule has 0 bridgehead atoms. The number of aromatic amines is 1. The number of amides is 1. The monoisotopic (exact) mass is 513 g/mol. The van der Waals surface area contributed by atoms with Gasteiger partial charge in [-0.15, -0.1) is 0 Å². The Morgan fingerprint density at radius 1 is 1.14 bits per heavy atom. The predicted octanol–water partition coefficient (Wildman–Crippen LogP) is 5.11. The van der Waals surface area contributed by atoms with Gasteiger partial charge in [0.15, 0.2) is 0 Å². The van der Waals surface area contributed by atoms with Crippen molar-refractivity contribution in [2.75, 3.05) is 6.54 Å². The Bertz CT molecular complexity index is 921. The zero-order valence-electron chi connectivity index (χ0n) is 23.6. The fourth-order valence-corrected chi connectivity index (χ4v) is 10.3. The molecule has 1 heterocycles. The summed E-state index contributed by atoms with van der Waals surface area (Å²) < 4.78 is 0. The molecule has 0 aliphatic heterocycles. The van der Waals surface area contributed by atoms with E-state index in [-0.39, 0.29) is 28.9 Å². The molecule has 0 saturated heterocycles. The van der Waals surface area contributed by atoms with Gasteiger partial charge in [-0.3, -0.25) is 4.79 Å². The van der Waals surface area contributed by atoms with Crippen LogP contribution in [0.4, 0.5) is 0 Å². The van der Waals surface area contributed by atoms with E-state index in [0.717, 1.165) is 44.2 Å². The molecule has 11 atom stereocenters. The molecule has 6 heteroatoms. The zero-order chi connectivity index (χ0) is 26.4. The zero-order valence-corrected chi connectivity index (χ0v) is 23.6. The van der Waals surface area contributed by atoms with E-state index in [1.807, 2.05) is 6.20 Å². The van der Waals surface area contributed by atoms with E-state index in [4.69, 9.17) is 0 Å². The average molecular weight is 514 g/mol. The van der Waals surface area contributed by atoms with E-state index in [0.29, 0.717) is 54.4 Å². The van der Waals surface area contributed by atoms with Crippen LogP contribution < -0.4 is 5.32 Å². The summed E-state index contributed by atoms with van der Waals surface area (Å²) >= 11 is 0. The molecule has 4 fully saturated rings. The first-order chi connectivity index (χ1) is 17.7. The summed E-state index contributed by atoms with van der Waals surface area (Å²) in [5.41, 5.74) is 1.56. The van der Waals surface area contributed by atoms with Crippen molar-refractivity contribution in [3.05, 3.63) is 18.2 Å². The fraction of sp³-hybridized carbons (Fsp3) is 0.871. The van der Waals surface area contributed by atoms with Crippen molar-refractivity contribution < 1.29 is 15.0 Å². The number of H-pyrrole nitrogens is 1. The molecule has 0 unspecified atom stereocenters. The fourth-order valence-electron chi connectivity index (χ4n) is 10.3. The van der Waals surface area contributed by atoms with Gasteiger partial charge in [-0.1, -0.05) is 34.1 Å². The number of fused-ring (bicyclic) bond motifs is 5. The molecule has 0 spiro atoms. The van der Waals surface area contributed by atoms with E-state index >= 15 is 0 Å². The van der Waals surface area contributed by atoms with Gasteiger partial charge in [-0.25, -0.2) is 4.98 Å². The standard InChI is InChI=1S/C31H51N3O3/c1-5-22-26-16-21(35)10-13-31(26,4)25-11-14-30(3)23(7-8-24(30)28(25)29(22)37)19(2)6-9-27(36)33-15-12-20-17-32-18-34-20/h17-19,21-26,28-29,35,37H,5-16H2,1-4H3,(H,32,34)(H,33,36)/t19-,21-,22-,23-,24+,25+,26+,28+,29-,30-,31-/m1/s1. The van der Waals surface area contributed by atoms with E-state index in [9.17, 15) is 15.0 Å². The van der Waals surface area contributed by atoms with Gasteiger partial charge in [-0.2, -0.15) is 0 Å². The van der Waals surface area contributed by atoms with E-state index in [2.05, 4.69) is 43.0 Å². The number of nitrogens with one attached hydrogen (secondary N) is 2. The van der Waals surface area contributed by atoms with Crippen LogP contribution in [0.15, 0.2) is 12.5 Å². The molecular formula is C31H51N3O3. The number of hydrogen-bond acceptors (Lipinski definition) is 4. The summed E-state index contributed by atoms with van der Waals surface area (Å²) in [6.45, 7) is 10.3. The molecule has 0 radical (unpaired) electrons. The predicted molar refractivity (Wildman–Crippen MR) is 145 cm³/mol. The summed E-state index contributed by atoms with van der Waals surface area (Å²) in [7, 11) is 0. The van der Waals surface area contributed by atoms with Crippen molar-refractivity contribution >= 4 is 5.91 Å². The molecule has 37 heavy (non-hydrogen) atoms. The number of aliphatic hydroxyl groups is 2. The van der Waals surface area contributed by atoms with Crippen molar-refractivity contribution in [2.24, 2.45) is 52.3 Å². The van der Waals surface area contributed by atoms with Gasteiger partial charge in [0.05, 0.1) is 18.5 Å². The molecule has 5 rings (SSSR count). The second-order valence-corrected chi connectivity index (χ2v) is 13.8. The lowest BCUT2D eigenvalue weighted by Gasteiger charge is -2.64. The third-order valence-corrected chi connectivity index (χ3v) is 12.2. The van der Waals surface area contributed by atoms with Crippen molar-refractivity contribution in [3.63, 3.8) is 0 Å². The topological polar surface area (TPSA) is 98.2 Å². The summed E-state index contributed by atoms with van der Waals surface area (Å²) in [5, 5.41) is 25.5. The highest BCUT2D eigenvalue weighted by Gasteiger charge is 2.64. The SMILES string of the molecule is CC[C@H]1[C@@H](O)[C@@H]2[C@H](CC[C@]3(C)[C@@H]([C@H](C)CCC(=O)NCCc4cnc[nH]4)CC[C@@H]23)[C@@]2(C)CC[C@@H](O)C[C@@H]12. The first kappa shape index (κ1) is 27.2. The van der Waals surface area contributed by atoms with Crippen LogP contribution in [0.25, 0.3) is 0 Å². The molecule has 208 valence electrons. The van der Waals surface area contributed by atoms with Crippen LogP contribution >= 0.6 is 0 Å². The first-order valence-electron chi connectivity index (χ1n) is 15.3. The maximum atomic E-state index is 12.6. The molecule has 4 saturated carbocycles. The second-order valence-electron chi connectivity index (χ2n) is 13.8. The number of hydrogen-bond donors (Lipinski definition) is 4. The highest BCUT2D eigenvalue weighted by Crippen LogP contribution is 2.69. The molecule has 4 aliphatic carbocycles. The van der Waals surface area contributed by atoms with Crippen LogP contribution in [0.3, 0.4) is 0 Å². The van der Waals surface area contributed by atoms with Gasteiger partial charge < -0.3 is 20.5 Å². The van der Waals surface area contributed by atoms with Crippen LogP contribution in [0, 0.1) is 52.3 Å². The molecule has 6 nitrogen and oxygen atoms in total. The maximum Gasteiger partial charge on any atom is 0.220 e. The number of imidazole rings is 1. The second kappa shape index (κ2) is 10.6. The Morgan fingerprint density at radius 3 is 2.62 bits per heavy atom. The molecule has 0 aromatic carbocycles. The van der Waals surface area contributed by atoms with Gasteiger partial charge >= 0.3 is 0 Å². The summed E-state index contributed by atoms with van der Waals surface area (Å²) in [6.07, 6.45) is 14.2. The van der Waals surface area contributed by atoms with Gasteiger partial charge in [0.1, 0.15) is 0 Å². The molecule has 1 amide bonds. The van der Waals surface area contributed by atoms with Gasteiger partial charge in [0.2, 0.25) is 5.91 Å². The van der Waals surface area contributed by atoms with Crippen LogP contribution in [0.5, 0.6) is 0 Å². The third kappa shape index (κ3) is 4.79. The van der Waals surface area contributed by atoms with Crippen LogP contribution in [0.2, 0.25) is 0 Å². The molecule has 4 N–H and O–H groups in total. The van der Waals surface area contributed by atoms with E-state index in [1.165, 1.54) is 25.7 Å². The van der Waals surface area contributed by atoms with Crippen molar-refractivity contribution in [1.29, 1.82) is 0 Å². The lowest BCUT2D eigenvalue weighted by atomic mass is 9.41. The number of rotatable bonds is 8. The van der Waals surface area contributed by atoms with Gasteiger partial charge in [-0.05, 0) is 104 Å². The maximum absolute atomic E-state index is 12.6. The quantitative estimate of drug-likeness (QED) is 0.388. The molecule has 4 aliphatic rings. The molecule has 1 aromatic heterocycles. The number of carbonyl (C=O) groups excluding carboxylic acids is 1. The Morgan fingerprint density at radius 2 is 1.89 bits per heavy atom. The van der Waals surface area contributed by atoms with E-state index in [1.54, 1.807) is 6.33 Å². The van der Waals surface area contributed by atoms with Crippen LogP contribution in [0.1, 0.15) is 97.6 Å². The summed E-state index contributed by atoms with van der Waals surface area (Å²) in [5.74, 6) is 3.61. The normalized spacial score (nSPS) is 43.9. The minimum Gasteiger partial charge on any atom is -0.393 e. The largest absolute Gasteiger partial charge is 0.393 e. The Kier molecular flexibility index (Phi) is 7.81. The minimum absolute atomic E-state index is 0.154. The molecular weight excluding hydrogens is 462 g/mol. The number of aliphatic hydroxyl groups excluding tert-OH is 2. The van der Waals surface area contributed by atoms with Gasteiger partial charge in [0.25, 0.3) is 0 Å². The third-order valence-electron chi connectivity index (χ3n) is 12.2. The Labute approximate surface area is 223 Å². The van der Waals surface area contributed by atoms with Crippen molar-refractivity contribution in [2.45, 2.75) is 111 Å². The Balaban J connectivity index is 1.23. The highest BCUT2D eigenvalue weighted by molar-refractivity contribution is 5.75. The lowest BCUT2D eigenvalue weighted by molar-refractivity contribution is -0.203. The number of carbonyl (C=O) groups is 1. The van der Waals surface area contributed by atoms with Crippen LogP contribution in [-0.2, 0) is 11.2 Å². The smallest absolute Gasteiger partial charge is 0.220 e. The van der Waals surface area contributed by atoms with Crippen LogP contribution in [-0.4, -0.2) is 44.8 Å². The average Bonchev–Trinajstić information content (AvgIpc) is 3.51. The Hall–Kier alpha value is -1.40. The van der Waals surface area contributed by atoms with Crippen molar-refractivity contribution in [3.8, 4) is 0 Å². The van der Waals surface area contributed by atoms with E-state index < -0.39 is 0 Å². The number of nitrogens with zero attached hydrogens (tertiary/aromatic N) is 1. The number of aromatic nitrogens is 2. The highest BCUT2D eigenvalue weighted by atomic mass is 16.3.